The quantitative estimate of drug-likeness (QED) is 0.637. The number of nitrogens with one attached hydrogen (secondary N) is 1. The van der Waals surface area contributed by atoms with Gasteiger partial charge < -0.3 is 10.1 Å². The van der Waals surface area contributed by atoms with E-state index >= 15 is 0 Å². The number of nitrogens with zero attached hydrogens (tertiary/aromatic N) is 1. The van der Waals surface area contributed by atoms with Crippen LogP contribution in [-0.4, -0.2) is 23.7 Å². The van der Waals surface area contributed by atoms with Crippen molar-refractivity contribution in [1.82, 2.24) is 5.32 Å². The molecule has 0 radical (unpaired) electrons. The number of nitro benzene ring substituents is 1. The molecule has 0 heterocycles. The predicted molar refractivity (Wildman–Crippen MR) is 71.2 cm³/mol. The highest BCUT2D eigenvalue weighted by Gasteiger charge is 2.16. The van der Waals surface area contributed by atoms with Crippen LogP contribution in [0.25, 0.3) is 0 Å². The predicted octanol–water partition coefficient (Wildman–Crippen LogP) is 2.83. The van der Waals surface area contributed by atoms with Crippen LogP contribution in [0.2, 0.25) is 0 Å². The average Bonchev–Trinajstić information content (AvgIpc) is 2.32. The van der Waals surface area contributed by atoms with E-state index in [9.17, 15) is 14.5 Å². The summed E-state index contributed by atoms with van der Waals surface area (Å²) in [5, 5.41) is 14.1. The Morgan fingerprint density at radius 2 is 2.11 bits per heavy atom. The van der Waals surface area contributed by atoms with E-state index in [1.807, 2.05) is 20.8 Å². The molecule has 1 aromatic rings. The molecule has 0 saturated carbocycles. The fraction of sp³-hybridized carbons (Fsp3) is 0.538. The topological polar surface area (TPSA) is 64.4 Å². The summed E-state index contributed by atoms with van der Waals surface area (Å²) in [5.74, 6) is 0.107. The number of nitro groups is 1. The lowest BCUT2D eigenvalue weighted by Gasteiger charge is -2.20. The molecule has 0 aliphatic rings. The molecule has 5 nitrogen and oxygen atoms in total. The number of rotatable bonds is 6. The Morgan fingerprint density at radius 3 is 2.63 bits per heavy atom. The molecule has 0 aromatic heterocycles. The molecule has 0 aliphatic heterocycles. The zero-order valence-electron chi connectivity index (χ0n) is 11.4. The van der Waals surface area contributed by atoms with Crippen LogP contribution in [0.3, 0.4) is 0 Å². The van der Waals surface area contributed by atoms with Crippen molar-refractivity contribution < 1.29 is 14.1 Å². The molecule has 0 aliphatic carbocycles. The van der Waals surface area contributed by atoms with Crippen LogP contribution in [0.15, 0.2) is 18.2 Å². The fourth-order valence-electron chi connectivity index (χ4n) is 1.45. The minimum absolute atomic E-state index is 0.0538. The van der Waals surface area contributed by atoms with Crippen molar-refractivity contribution in [2.45, 2.75) is 32.9 Å². The summed E-state index contributed by atoms with van der Waals surface area (Å²) in [6.07, 6.45) is 0. The van der Waals surface area contributed by atoms with Crippen LogP contribution < -0.4 is 10.1 Å². The smallest absolute Gasteiger partial charge is 0.310 e. The van der Waals surface area contributed by atoms with E-state index in [2.05, 4.69) is 5.32 Å². The summed E-state index contributed by atoms with van der Waals surface area (Å²) >= 11 is 0. The van der Waals surface area contributed by atoms with Gasteiger partial charge in [-0.05, 0) is 32.4 Å². The standard InChI is InChI=1S/C13H19FN2O3/c1-13(2,3)15-9-10-4-5-11(16(17)18)12(8-10)19-7-6-14/h4-5,8,15H,6-7,9H2,1-3H3. The molecule has 1 rings (SSSR count). The highest BCUT2D eigenvalue weighted by molar-refractivity contribution is 5.48. The fourth-order valence-corrected chi connectivity index (χ4v) is 1.45. The summed E-state index contributed by atoms with van der Waals surface area (Å²) in [6.45, 7) is 5.78. The lowest BCUT2D eigenvalue weighted by Crippen LogP contribution is -2.35. The Bertz CT molecular complexity index is 444. The number of hydrogen-bond acceptors (Lipinski definition) is 4. The van der Waals surface area contributed by atoms with Gasteiger partial charge in [-0.25, -0.2) is 4.39 Å². The van der Waals surface area contributed by atoms with Gasteiger partial charge in [0.15, 0.2) is 5.75 Å². The maximum Gasteiger partial charge on any atom is 0.310 e. The molecule has 0 bridgehead atoms. The zero-order valence-corrected chi connectivity index (χ0v) is 11.4. The third-order valence-corrected chi connectivity index (χ3v) is 2.38. The molecule has 0 saturated heterocycles. The first kappa shape index (κ1) is 15.4. The molecule has 1 aromatic carbocycles. The first-order valence-electron chi connectivity index (χ1n) is 6.04. The number of benzene rings is 1. The molecule has 1 N–H and O–H groups in total. The summed E-state index contributed by atoms with van der Waals surface area (Å²) in [7, 11) is 0. The van der Waals surface area contributed by atoms with Gasteiger partial charge in [0.1, 0.15) is 13.3 Å². The number of alkyl halides is 1. The maximum atomic E-state index is 12.1. The number of halogens is 1. The minimum atomic E-state index is -0.679. The van der Waals surface area contributed by atoms with Crippen molar-refractivity contribution in [1.29, 1.82) is 0 Å². The molecule has 0 atom stereocenters. The van der Waals surface area contributed by atoms with Crippen LogP contribution in [0.1, 0.15) is 26.3 Å². The second-order valence-electron chi connectivity index (χ2n) is 5.20. The van der Waals surface area contributed by atoms with Crippen LogP contribution in [0.5, 0.6) is 5.75 Å². The molecule has 106 valence electrons. The highest BCUT2D eigenvalue weighted by Crippen LogP contribution is 2.28. The van der Waals surface area contributed by atoms with Crippen molar-refractivity contribution in [2.24, 2.45) is 0 Å². The molecule has 0 fully saturated rings. The van der Waals surface area contributed by atoms with E-state index in [1.165, 1.54) is 6.07 Å². The van der Waals surface area contributed by atoms with Crippen molar-refractivity contribution in [3.8, 4) is 5.75 Å². The summed E-state index contributed by atoms with van der Waals surface area (Å²) in [4.78, 5) is 10.3. The first-order valence-corrected chi connectivity index (χ1v) is 6.04. The lowest BCUT2D eigenvalue weighted by atomic mass is 10.1. The van der Waals surface area contributed by atoms with Gasteiger partial charge in [-0.2, -0.15) is 0 Å². The second-order valence-corrected chi connectivity index (χ2v) is 5.20. The first-order chi connectivity index (χ1) is 8.83. The van der Waals surface area contributed by atoms with Gasteiger partial charge in [0.25, 0.3) is 0 Å². The SMILES string of the molecule is CC(C)(C)NCc1ccc([N+](=O)[O-])c(OCCF)c1. The molecular weight excluding hydrogens is 251 g/mol. The van der Waals surface area contributed by atoms with E-state index in [4.69, 9.17) is 4.74 Å². The monoisotopic (exact) mass is 270 g/mol. The van der Waals surface area contributed by atoms with Gasteiger partial charge in [0, 0.05) is 18.2 Å². The van der Waals surface area contributed by atoms with Gasteiger partial charge >= 0.3 is 5.69 Å². The molecule has 6 heteroatoms. The van der Waals surface area contributed by atoms with E-state index in [0.29, 0.717) is 6.54 Å². The summed E-state index contributed by atoms with van der Waals surface area (Å²) in [6, 6.07) is 4.62. The Hall–Kier alpha value is -1.69. The third-order valence-electron chi connectivity index (χ3n) is 2.38. The summed E-state index contributed by atoms with van der Waals surface area (Å²) < 4.78 is 17.2. The Kier molecular flexibility index (Phi) is 5.23. The number of ether oxygens (including phenoxy) is 1. The summed E-state index contributed by atoms with van der Waals surface area (Å²) in [5.41, 5.74) is 0.657. The molecular formula is C13H19FN2O3. The van der Waals surface area contributed by atoms with E-state index in [-0.39, 0.29) is 23.6 Å². The molecule has 19 heavy (non-hydrogen) atoms. The van der Waals surface area contributed by atoms with Crippen molar-refractivity contribution in [2.75, 3.05) is 13.3 Å². The highest BCUT2D eigenvalue weighted by atomic mass is 19.1. The Morgan fingerprint density at radius 1 is 1.42 bits per heavy atom. The van der Waals surface area contributed by atoms with Crippen LogP contribution in [0, 0.1) is 10.1 Å². The van der Waals surface area contributed by atoms with Crippen LogP contribution >= 0.6 is 0 Å². The largest absolute Gasteiger partial charge is 0.484 e. The van der Waals surface area contributed by atoms with Crippen LogP contribution in [0.4, 0.5) is 10.1 Å². The van der Waals surface area contributed by atoms with Gasteiger partial charge in [-0.15, -0.1) is 0 Å². The second kappa shape index (κ2) is 6.47. The Labute approximate surface area is 111 Å². The van der Waals surface area contributed by atoms with E-state index in [0.717, 1.165) is 5.56 Å². The Balaban J connectivity index is 2.88. The lowest BCUT2D eigenvalue weighted by molar-refractivity contribution is -0.385. The molecule has 0 amide bonds. The van der Waals surface area contributed by atoms with E-state index < -0.39 is 11.6 Å². The van der Waals surface area contributed by atoms with Gasteiger partial charge in [-0.1, -0.05) is 6.07 Å². The normalized spacial score (nSPS) is 11.4. The molecule has 0 spiro atoms. The van der Waals surface area contributed by atoms with Crippen molar-refractivity contribution >= 4 is 5.69 Å². The van der Waals surface area contributed by atoms with Gasteiger partial charge in [0.2, 0.25) is 0 Å². The minimum Gasteiger partial charge on any atom is -0.484 e. The zero-order chi connectivity index (χ0) is 14.5. The average molecular weight is 270 g/mol. The van der Waals surface area contributed by atoms with Gasteiger partial charge in [0.05, 0.1) is 4.92 Å². The van der Waals surface area contributed by atoms with Crippen molar-refractivity contribution in [3.63, 3.8) is 0 Å². The van der Waals surface area contributed by atoms with Crippen molar-refractivity contribution in [3.05, 3.63) is 33.9 Å². The van der Waals surface area contributed by atoms with E-state index in [1.54, 1.807) is 12.1 Å². The van der Waals surface area contributed by atoms with Gasteiger partial charge in [-0.3, -0.25) is 10.1 Å². The molecule has 0 unspecified atom stereocenters. The third kappa shape index (κ3) is 5.21. The number of hydrogen-bond donors (Lipinski definition) is 1. The maximum absolute atomic E-state index is 12.1. The van der Waals surface area contributed by atoms with Crippen LogP contribution in [-0.2, 0) is 6.54 Å².